The molecule has 13 heavy (non-hydrogen) atoms. The van der Waals surface area contributed by atoms with Crippen molar-refractivity contribution in [2.24, 2.45) is 0 Å². The number of nitrogens with one attached hydrogen (secondary N) is 1. The van der Waals surface area contributed by atoms with E-state index in [0.717, 1.165) is 0 Å². The fourth-order valence-corrected chi connectivity index (χ4v) is 0.749. The Kier molecular flexibility index (Phi) is 2.55. The first-order valence-corrected chi connectivity index (χ1v) is 3.48. The van der Waals surface area contributed by atoms with Gasteiger partial charge in [0.1, 0.15) is 0 Å². The first kappa shape index (κ1) is 9.97. The van der Waals surface area contributed by atoms with Crippen LogP contribution in [0.25, 0.3) is 0 Å². The average molecular weight is 213 g/mol. The Hall–Kier alpha value is -1.11. The molecule has 1 aromatic heterocycles. The normalized spacial score (nSPS) is 11.5. The summed E-state index contributed by atoms with van der Waals surface area (Å²) in [5.74, 6) is -1.52. The molecule has 0 amide bonds. The number of anilines is 1. The largest absolute Gasteiger partial charge is 0.451 e. The average Bonchev–Trinajstić information content (AvgIpc) is 2.01. The lowest BCUT2D eigenvalue weighted by atomic mass is 10.6. The van der Waals surface area contributed by atoms with Crippen LogP contribution in [-0.4, -0.2) is 22.0 Å². The van der Waals surface area contributed by atoms with Crippen molar-refractivity contribution in [1.29, 1.82) is 0 Å². The summed E-state index contributed by atoms with van der Waals surface area (Å²) in [5.41, 5.74) is 0. The predicted octanol–water partition coefficient (Wildman–Crippen LogP) is 1.59. The molecule has 0 aliphatic heterocycles. The van der Waals surface area contributed by atoms with E-state index in [1.165, 1.54) is 7.05 Å². The molecular formula is C5H4ClF3N4. The van der Waals surface area contributed by atoms with E-state index in [1.54, 1.807) is 0 Å². The van der Waals surface area contributed by atoms with Gasteiger partial charge in [0, 0.05) is 7.05 Å². The first-order chi connectivity index (χ1) is 5.93. The third-order valence-corrected chi connectivity index (χ3v) is 1.25. The standard InChI is InChI=1S/C5H4ClF3N4/c1-10-4-12-2(5(7,8)9)11-3(6)13-4/h1H3,(H,10,11,12,13). The summed E-state index contributed by atoms with van der Waals surface area (Å²) >= 11 is 5.23. The second kappa shape index (κ2) is 3.33. The Bertz CT molecular complexity index is 313. The van der Waals surface area contributed by atoms with Crippen LogP contribution in [0.2, 0.25) is 5.28 Å². The van der Waals surface area contributed by atoms with Gasteiger partial charge in [-0.25, -0.2) is 0 Å². The SMILES string of the molecule is CNc1nc(Cl)nc(C(F)(F)F)n1. The highest BCUT2D eigenvalue weighted by atomic mass is 35.5. The minimum Gasteiger partial charge on any atom is -0.357 e. The third-order valence-electron chi connectivity index (χ3n) is 1.09. The van der Waals surface area contributed by atoms with Crippen molar-refractivity contribution < 1.29 is 13.2 Å². The van der Waals surface area contributed by atoms with E-state index in [-0.39, 0.29) is 5.95 Å². The maximum absolute atomic E-state index is 12.0. The zero-order chi connectivity index (χ0) is 10.1. The molecule has 0 aromatic carbocycles. The fourth-order valence-electron chi connectivity index (χ4n) is 0.589. The van der Waals surface area contributed by atoms with Crippen LogP contribution in [0, 0.1) is 0 Å². The first-order valence-electron chi connectivity index (χ1n) is 3.10. The highest BCUT2D eigenvalue weighted by Crippen LogP contribution is 2.26. The molecule has 0 atom stereocenters. The van der Waals surface area contributed by atoms with E-state index >= 15 is 0 Å². The Labute approximate surface area is 76.2 Å². The summed E-state index contributed by atoms with van der Waals surface area (Å²) in [6.45, 7) is 0. The van der Waals surface area contributed by atoms with E-state index in [1.807, 2.05) is 0 Å². The molecule has 1 N–H and O–H groups in total. The van der Waals surface area contributed by atoms with Crippen LogP contribution in [-0.2, 0) is 6.18 Å². The van der Waals surface area contributed by atoms with Crippen LogP contribution in [0.3, 0.4) is 0 Å². The highest BCUT2D eigenvalue weighted by molar-refractivity contribution is 6.28. The van der Waals surface area contributed by atoms with Crippen LogP contribution in [0.4, 0.5) is 19.1 Å². The van der Waals surface area contributed by atoms with Gasteiger partial charge in [0.15, 0.2) is 0 Å². The number of hydrogen-bond donors (Lipinski definition) is 1. The number of alkyl halides is 3. The third kappa shape index (κ3) is 2.41. The predicted molar refractivity (Wildman–Crippen MR) is 39.4 cm³/mol. The van der Waals surface area contributed by atoms with Crippen molar-refractivity contribution in [3.8, 4) is 0 Å². The topological polar surface area (TPSA) is 50.7 Å². The van der Waals surface area contributed by atoms with Gasteiger partial charge in [0.25, 0.3) is 0 Å². The summed E-state index contributed by atoms with van der Waals surface area (Å²) < 4.78 is 36.1. The Balaban J connectivity index is 3.16. The van der Waals surface area contributed by atoms with Gasteiger partial charge in [-0.05, 0) is 11.6 Å². The van der Waals surface area contributed by atoms with Gasteiger partial charge in [-0.3, -0.25) is 0 Å². The van der Waals surface area contributed by atoms with Crippen molar-refractivity contribution in [2.45, 2.75) is 6.18 Å². The van der Waals surface area contributed by atoms with Crippen molar-refractivity contribution in [2.75, 3.05) is 12.4 Å². The van der Waals surface area contributed by atoms with E-state index in [9.17, 15) is 13.2 Å². The second-order valence-electron chi connectivity index (χ2n) is 2.00. The van der Waals surface area contributed by atoms with E-state index in [0.29, 0.717) is 0 Å². The smallest absolute Gasteiger partial charge is 0.357 e. The Morgan fingerprint density at radius 2 is 1.85 bits per heavy atom. The van der Waals surface area contributed by atoms with E-state index in [2.05, 4.69) is 20.3 Å². The lowest BCUT2D eigenvalue weighted by Gasteiger charge is -2.05. The maximum Gasteiger partial charge on any atom is 0.451 e. The molecule has 1 aromatic rings. The van der Waals surface area contributed by atoms with Crippen LogP contribution in [0.5, 0.6) is 0 Å². The number of halogens is 4. The molecule has 0 aliphatic carbocycles. The summed E-state index contributed by atoms with van der Waals surface area (Å²) in [4.78, 5) is 9.41. The number of hydrogen-bond acceptors (Lipinski definition) is 4. The molecule has 0 saturated heterocycles. The molecule has 0 radical (unpaired) electrons. The lowest BCUT2D eigenvalue weighted by Crippen LogP contribution is -2.13. The lowest BCUT2D eigenvalue weighted by molar-refractivity contribution is -0.145. The minimum absolute atomic E-state index is 0.215. The van der Waals surface area contributed by atoms with Crippen LogP contribution < -0.4 is 5.32 Å². The highest BCUT2D eigenvalue weighted by Gasteiger charge is 2.35. The molecular weight excluding hydrogens is 209 g/mol. The van der Waals surface area contributed by atoms with Gasteiger partial charge in [0.05, 0.1) is 0 Å². The van der Waals surface area contributed by atoms with Crippen molar-refractivity contribution in [1.82, 2.24) is 15.0 Å². The summed E-state index contributed by atoms with van der Waals surface area (Å²) in [7, 11) is 1.38. The van der Waals surface area contributed by atoms with Crippen molar-refractivity contribution in [3.63, 3.8) is 0 Å². The second-order valence-corrected chi connectivity index (χ2v) is 2.34. The van der Waals surface area contributed by atoms with Crippen LogP contribution >= 0.6 is 11.6 Å². The van der Waals surface area contributed by atoms with Crippen LogP contribution in [0.15, 0.2) is 0 Å². The Morgan fingerprint density at radius 1 is 1.23 bits per heavy atom. The molecule has 0 aliphatic rings. The number of nitrogens with zero attached hydrogens (tertiary/aromatic N) is 3. The summed E-state index contributed by atoms with van der Waals surface area (Å²) in [6.07, 6.45) is -4.61. The molecule has 0 fully saturated rings. The molecule has 1 heterocycles. The summed E-state index contributed by atoms with van der Waals surface area (Å²) in [6, 6.07) is 0. The van der Waals surface area contributed by atoms with Crippen LogP contribution in [0.1, 0.15) is 5.82 Å². The fraction of sp³-hybridized carbons (Fsp3) is 0.400. The van der Waals surface area contributed by atoms with Gasteiger partial charge in [-0.1, -0.05) is 0 Å². The van der Waals surface area contributed by atoms with E-state index in [4.69, 9.17) is 11.6 Å². The van der Waals surface area contributed by atoms with Gasteiger partial charge < -0.3 is 5.32 Å². The molecule has 0 spiro atoms. The van der Waals surface area contributed by atoms with Gasteiger partial charge in [-0.15, -0.1) is 0 Å². The molecule has 0 saturated carbocycles. The van der Waals surface area contributed by atoms with E-state index < -0.39 is 17.3 Å². The Morgan fingerprint density at radius 3 is 2.31 bits per heavy atom. The maximum atomic E-state index is 12.0. The molecule has 1 rings (SSSR count). The van der Waals surface area contributed by atoms with Crippen molar-refractivity contribution >= 4 is 17.5 Å². The van der Waals surface area contributed by atoms with Crippen molar-refractivity contribution in [3.05, 3.63) is 11.1 Å². The number of rotatable bonds is 1. The van der Waals surface area contributed by atoms with Gasteiger partial charge >= 0.3 is 6.18 Å². The quantitative estimate of drug-likeness (QED) is 0.768. The van der Waals surface area contributed by atoms with Gasteiger partial charge in [-0.2, -0.15) is 28.1 Å². The molecule has 72 valence electrons. The zero-order valence-electron chi connectivity index (χ0n) is 6.35. The molecule has 0 bridgehead atoms. The minimum atomic E-state index is -4.61. The molecule has 0 unspecified atom stereocenters. The number of aromatic nitrogens is 3. The summed E-state index contributed by atoms with van der Waals surface area (Å²) in [5, 5.41) is 1.84. The zero-order valence-corrected chi connectivity index (χ0v) is 7.11. The van der Waals surface area contributed by atoms with Gasteiger partial charge in [0.2, 0.25) is 17.1 Å². The molecule has 4 nitrogen and oxygen atoms in total. The molecule has 8 heteroatoms. The monoisotopic (exact) mass is 212 g/mol.